The number of nitrogens with zero attached hydrogens (tertiary/aromatic N) is 2. The SMILES string of the molecule is N#Cc1cc(F)ccc1N(CCO)C1CCC1. The first-order valence-corrected chi connectivity index (χ1v) is 5.83. The van der Waals surface area contributed by atoms with Gasteiger partial charge in [0.15, 0.2) is 0 Å². The third-order valence-corrected chi connectivity index (χ3v) is 3.24. The fourth-order valence-electron chi connectivity index (χ4n) is 2.15. The van der Waals surface area contributed by atoms with E-state index in [1.807, 2.05) is 11.0 Å². The molecule has 0 saturated heterocycles. The van der Waals surface area contributed by atoms with Crippen LogP contribution in [0.1, 0.15) is 24.8 Å². The van der Waals surface area contributed by atoms with Gasteiger partial charge in [0.25, 0.3) is 0 Å². The Morgan fingerprint density at radius 1 is 1.47 bits per heavy atom. The molecular weight excluding hydrogens is 219 g/mol. The fourth-order valence-corrected chi connectivity index (χ4v) is 2.15. The number of nitriles is 1. The summed E-state index contributed by atoms with van der Waals surface area (Å²) in [7, 11) is 0. The number of hydrogen-bond donors (Lipinski definition) is 1. The van der Waals surface area contributed by atoms with Crippen molar-refractivity contribution in [1.29, 1.82) is 5.26 Å². The number of halogens is 1. The Bertz CT molecular complexity index is 438. The smallest absolute Gasteiger partial charge is 0.124 e. The van der Waals surface area contributed by atoms with Crippen LogP contribution in [0.2, 0.25) is 0 Å². The third kappa shape index (κ3) is 2.40. The molecule has 4 heteroatoms. The lowest BCUT2D eigenvalue weighted by Gasteiger charge is -2.39. The molecule has 0 radical (unpaired) electrons. The number of benzene rings is 1. The Balaban J connectivity index is 2.31. The van der Waals surface area contributed by atoms with Gasteiger partial charge >= 0.3 is 0 Å². The van der Waals surface area contributed by atoms with Gasteiger partial charge in [-0.05, 0) is 37.5 Å². The number of aliphatic hydroxyl groups is 1. The van der Waals surface area contributed by atoms with Crippen molar-refractivity contribution in [3.05, 3.63) is 29.6 Å². The highest BCUT2D eigenvalue weighted by atomic mass is 19.1. The molecule has 3 nitrogen and oxygen atoms in total. The Hall–Kier alpha value is -1.60. The molecule has 0 heterocycles. The van der Waals surface area contributed by atoms with Crippen LogP contribution in [0.4, 0.5) is 10.1 Å². The van der Waals surface area contributed by atoms with E-state index in [1.54, 1.807) is 6.07 Å². The lowest BCUT2D eigenvalue weighted by atomic mass is 9.90. The lowest BCUT2D eigenvalue weighted by Crippen LogP contribution is -2.42. The van der Waals surface area contributed by atoms with Crippen LogP contribution in [0.5, 0.6) is 0 Å². The van der Waals surface area contributed by atoms with Crippen LogP contribution in [-0.4, -0.2) is 24.3 Å². The van der Waals surface area contributed by atoms with E-state index in [0.717, 1.165) is 18.5 Å². The standard InChI is InChI=1S/C13H15FN2O/c14-11-4-5-13(10(8-11)9-15)16(6-7-17)12-2-1-3-12/h4-5,8,12,17H,1-3,6-7H2. The minimum absolute atomic E-state index is 0.0404. The minimum Gasteiger partial charge on any atom is -0.395 e. The van der Waals surface area contributed by atoms with E-state index in [0.29, 0.717) is 18.2 Å². The van der Waals surface area contributed by atoms with E-state index < -0.39 is 5.82 Å². The topological polar surface area (TPSA) is 47.3 Å². The molecule has 1 aliphatic rings. The molecule has 90 valence electrons. The summed E-state index contributed by atoms with van der Waals surface area (Å²) in [5.41, 5.74) is 1.07. The van der Waals surface area contributed by atoms with Crippen molar-refractivity contribution in [2.24, 2.45) is 0 Å². The van der Waals surface area contributed by atoms with E-state index in [2.05, 4.69) is 0 Å². The van der Waals surface area contributed by atoms with Gasteiger partial charge in [-0.3, -0.25) is 0 Å². The van der Waals surface area contributed by atoms with Crippen LogP contribution in [0.15, 0.2) is 18.2 Å². The first kappa shape index (κ1) is 11.9. The van der Waals surface area contributed by atoms with Crippen LogP contribution in [0, 0.1) is 17.1 Å². The summed E-state index contributed by atoms with van der Waals surface area (Å²) >= 11 is 0. The predicted molar refractivity (Wildman–Crippen MR) is 63.2 cm³/mol. The average Bonchev–Trinajstić information content (AvgIpc) is 2.26. The monoisotopic (exact) mass is 234 g/mol. The van der Waals surface area contributed by atoms with E-state index in [4.69, 9.17) is 10.4 Å². The number of aliphatic hydroxyl groups excluding tert-OH is 1. The summed E-state index contributed by atoms with van der Waals surface area (Å²) in [6.07, 6.45) is 3.32. The second-order valence-electron chi connectivity index (χ2n) is 4.28. The maximum absolute atomic E-state index is 13.1. The zero-order chi connectivity index (χ0) is 12.3. The molecule has 0 amide bonds. The maximum atomic E-state index is 13.1. The van der Waals surface area contributed by atoms with Gasteiger partial charge in [0.2, 0.25) is 0 Å². The molecule has 1 aliphatic carbocycles. The molecule has 0 atom stereocenters. The van der Waals surface area contributed by atoms with Crippen LogP contribution in [-0.2, 0) is 0 Å². The van der Waals surface area contributed by atoms with Crippen molar-refractivity contribution in [1.82, 2.24) is 0 Å². The molecule has 0 spiro atoms. The van der Waals surface area contributed by atoms with Gasteiger partial charge in [0.1, 0.15) is 11.9 Å². The van der Waals surface area contributed by atoms with Gasteiger partial charge in [0, 0.05) is 12.6 Å². The van der Waals surface area contributed by atoms with E-state index in [-0.39, 0.29) is 6.61 Å². The molecule has 1 aromatic carbocycles. The highest BCUT2D eigenvalue weighted by Crippen LogP contribution is 2.31. The number of rotatable bonds is 4. The molecule has 2 rings (SSSR count). The van der Waals surface area contributed by atoms with Gasteiger partial charge in [0.05, 0.1) is 17.9 Å². The number of hydrogen-bond acceptors (Lipinski definition) is 3. The molecular formula is C13H15FN2O. The van der Waals surface area contributed by atoms with E-state index >= 15 is 0 Å². The van der Waals surface area contributed by atoms with Gasteiger partial charge in [-0.25, -0.2) is 4.39 Å². The first-order chi connectivity index (χ1) is 8.26. The van der Waals surface area contributed by atoms with Gasteiger partial charge in [-0.15, -0.1) is 0 Å². The van der Waals surface area contributed by atoms with Gasteiger partial charge in [-0.1, -0.05) is 0 Å². The molecule has 0 bridgehead atoms. The molecule has 17 heavy (non-hydrogen) atoms. The summed E-state index contributed by atoms with van der Waals surface area (Å²) in [5, 5.41) is 18.1. The summed E-state index contributed by atoms with van der Waals surface area (Å²) < 4.78 is 13.1. The lowest BCUT2D eigenvalue weighted by molar-refractivity contribution is 0.283. The maximum Gasteiger partial charge on any atom is 0.124 e. The summed E-state index contributed by atoms with van der Waals surface area (Å²) in [6.45, 7) is 0.531. The zero-order valence-corrected chi connectivity index (χ0v) is 9.56. The van der Waals surface area contributed by atoms with Crippen molar-refractivity contribution in [2.45, 2.75) is 25.3 Å². The zero-order valence-electron chi connectivity index (χ0n) is 9.56. The average molecular weight is 234 g/mol. The molecule has 1 fully saturated rings. The summed E-state index contributed by atoms with van der Waals surface area (Å²) in [5.74, 6) is -0.400. The van der Waals surface area contributed by atoms with Crippen LogP contribution < -0.4 is 4.90 Å². The Labute approximate surface area is 100 Å². The molecule has 0 unspecified atom stereocenters. The van der Waals surface area contributed by atoms with Crippen molar-refractivity contribution >= 4 is 5.69 Å². The van der Waals surface area contributed by atoms with E-state index in [9.17, 15) is 4.39 Å². The molecule has 1 aromatic rings. The molecule has 0 aromatic heterocycles. The van der Waals surface area contributed by atoms with Crippen LogP contribution in [0.25, 0.3) is 0 Å². The van der Waals surface area contributed by atoms with Crippen LogP contribution >= 0.6 is 0 Å². The highest BCUT2D eigenvalue weighted by Gasteiger charge is 2.26. The van der Waals surface area contributed by atoms with Crippen molar-refractivity contribution in [2.75, 3.05) is 18.1 Å². The Morgan fingerprint density at radius 2 is 2.24 bits per heavy atom. The van der Waals surface area contributed by atoms with Crippen LogP contribution in [0.3, 0.4) is 0 Å². The van der Waals surface area contributed by atoms with Crippen molar-refractivity contribution < 1.29 is 9.50 Å². The summed E-state index contributed by atoms with van der Waals surface area (Å²) in [6, 6.07) is 6.63. The normalized spacial score (nSPS) is 15.1. The summed E-state index contributed by atoms with van der Waals surface area (Å²) in [4.78, 5) is 2.02. The quantitative estimate of drug-likeness (QED) is 0.867. The van der Waals surface area contributed by atoms with Gasteiger partial charge in [-0.2, -0.15) is 5.26 Å². The number of anilines is 1. The van der Waals surface area contributed by atoms with Crippen molar-refractivity contribution in [3.8, 4) is 6.07 Å². The van der Waals surface area contributed by atoms with Crippen molar-refractivity contribution in [3.63, 3.8) is 0 Å². The Morgan fingerprint density at radius 3 is 2.76 bits per heavy atom. The highest BCUT2D eigenvalue weighted by molar-refractivity contribution is 5.60. The van der Waals surface area contributed by atoms with E-state index in [1.165, 1.54) is 18.6 Å². The Kier molecular flexibility index (Phi) is 3.60. The third-order valence-electron chi connectivity index (χ3n) is 3.24. The molecule has 1 saturated carbocycles. The minimum atomic E-state index is -0.400. The second-order valence-corrected chi connectivity index (χ2v) is 4.28. The predicted octanol–water partition coefficient (Wildman–Crippen LogP) is 2.05. The first-order valence-electron chi connectivity index (χ1n) is 5.83. The second kappa shape index (κ2) is 5.15. The van der Waals surface area contributed by atoms with Gasteiger partial charge < -0.3 is 10.0 Å². The largest absolute Gasteiger partial charge is 0.395 e. The molecule has 1 N–H and O–H groups in total. The molecule has 0 aliphatic heterocycles. The fraction of sp³-hybridized carbons (Fsp3) is 0.462.